The molecule has 0 spiro atoms. The molecule has 2 rings (SSSR count). The van der Waals surface area contributed by atoms with E-state index in [0.717, 1.165) is 6.20 Å². The Balaban J connectivity index is 2.01. The van der Waals surface area contributed by atoms with Crippen LogP contribution in [0.15, 0.2) is 24.8 Å². The van der Waals surface area contributed by atoms with Gasteiger partial charge >= 0.3 is 0 Å². The highest BCUT2D eigenvalue weighted by Gasteiger charge is 2.08. The van der Waals surface area contributed by atoms with Crippen LogP contribution in [0.5, 0.6) is 0 Å². The average Bonchev–Trinajstić information content (AvgIpc) is 2.67. The van der Waals surface area contributed by atoms with E-state index in [9.17, 15) is 9.18 Å². The lowest BCUT2D eigenvalue weighted by Crippen LogP contribution is -2.19. The highest BCUT2D eigenvalue weighted by molar-refractivity contribution is 5.90. The van der Waals surface area contributed by atoms with E-state index < -0.39 is 11.7 Å². The summed E-state index contributed by atoms with van der Waals surface area (Å²) in [5, 5.41) is 6.12. The highest BCUT2D eigenvalue weighted by atomic mass is 19.1. The smallest absolute Gasteiger partial charge is 0.246 e. The summed E-state index contributed by atoms with van der Waals surface area (Å²) in [6.07, 6.45) is 3.72. The van der Waals surface area contributed by atoms with Crippen molar-refractivity contribution in [1.82, 2.24) is 19.7 Å². The minimum atomic E-state index is -0.598. The number of halogens is 1. The van der Waals surface area contributed by atoms with Gasteiger partial charge in [0.15, 0.2) is 5.82 Å². The first-order valence-electron chi connectivity index (χ1n) is 4.69. The zero-order chi connectivity index (χ0) is 12.3. The van der Waals surface area contributed by atoms with E-state index in [1.165, 1.54) is 23.3 Å². The number of nitrogens with one attached hydrogen (secondary N) is 1. The minimum absolute atomic E-state index is 0.0677. The van der Waals surface area contributed by atoms with E-state index in [1.807, 2.05) is 0 Å². The van der Waals surface area contributed by atoms with Gasteiger partial charge in [-0.05, 0) is 6.07 Å². The maximum Gasteiger partial charge on any atom is 0.246 e. The Kier molecular flexibility index (Phi) is 2.95. The van der Waals surface area contributed by atoms with Crippen molar-refractivity contribution < 1.29 is 9.18 Å². The van der Waals surface area contributed by atoms with Gasteiger partial charge in [-0.25, -0.2) is 14.1 Å². The van der Waals surface area contributed by atoms with Crippen molar-refractivity contribution in [1.29, 1.82) is 0 Å². The van der Waals surface area contributed by atoms with Crippen LogP contribution in [0, 0.1) is 5.82 Å². The van der Waals surface area contributed by atoms with Crippen molar-refractivity contribution in [2.75, 3.05) is 11.1 Å². The number of hydrogen-bond donors (Lipinski definition) is 2. The van der Waals surface area contributed by atoms with Crippen LogP contribution in [0.2, 0.25) is 0 Å². The van der Waals surface area contributed by atoms with Gasteiger partial charge in [-0.1, -0.05) is 0 Å². The fourth-order valence-corrected chi connectivity index (χ4v) is 1.20. The monoisotopic (exact) mass is 236 g/mol. The Labute approximate surface area is 95.5 Å². The van der Waals surface area contributed by atoms with Crippen molar-refractivity contribution in [2.24, 2.45) is 0 Å². The molecule has 0 saturated heterocycles. The molecule has 0 saturated carbocycles. The molecule has 0 atom stereocenters. The number of nitrogen functional groups attached to an aromatic ring is 1. The molecule has 0 aliphatic rings. The molecule has 0 aliphatic carbocycles. The SMILES string of the molecule is Nc1ncn(CC(=O)Nc2ccncc2F)n1. The van der Waals surface area contributed by atoms with Crippen molar-refractivity contribution in [3.8, 4) is 0 Å². The fourth-order valence-electron chi connectivity index (χ4n) is 1.20. The first-order valence-corrected chi connectivity index (χ1v) is 4.69. The van der Waals surface area contributed by atoms with Crippen LogP contribution < -0.4 is 11.1 Å². The van der Waals surface area contributed by atoms with Crippen LogP contribution >= 0.6 is 0 Å². The molecular formula is C9H9FN6O. The van der Waals surface area contributed by atoms with E-state index in [4.69, 9.17) is 5.73 Å². The fraction of sp³-hybridized carbons (Fsp3) is 0.111. The molecule has 8 heteroatoms. The number of carbonyl (C=O) groups excluding carboxylic acids is 1. The summed E-state index contributed by atoms with van der Waals surface area (Å²) in [6, 6.07) is 1.36. The van der Waals surface area contributed by atoms with Gasteiger partial charge in [0.2, 0.25) is 11.9 Å². The van der Waals surface area contributed by atoms with Gasteiger partial charge in [0.05, 0.1) is 11.9 Å². The van der Waals surface area contributed by atoms with E-state index >= 15 is 0 Å². The van der Waals surface area contributed by atoms with Gasteiger partial charge in [0.1, 0.15) is 12.9 Å². The normalized spacial score (nSPS) is 10.2. The van der Waals surface area contributed by atoms with Gasteiger partial charge in [-0.15, -0.1) is 5.10 Å². The quantitative estimate of drug-likeness (QED) is 0.783. The van der Waals surface area contributed by atoms with E-state index in [-0.39, 0.29) is 18.2 Å². The number of carbonyl (C=O) groups is 1. The Morgan fingerprint density at radius 2 is 2.41 bits per heavy atom. The maximum atomic E-state index is 13.2. The molecule has 17 heavy (non-hydrogen) atoms. The third-order valence-electron chi connectivity index (χ3n) is 1.91. The van der Waals surface area contributed by atoms with E-state index in [2.05, 4.69) is 20.4 Å². The second-order valence-corrected chi connectivity index (χ2v) is 3.20. The first-order chi connectivity index (χ1) is 8.15. The first kappa shape index (κ1) is 11.0. The lowest BCUT2D eigenvalue weighted by Gasteiger charge is -2.05. The Hall–Kier alpha value is -2.51. The summed E-state index contributed by atoms with van der Waals surface area (Å²) in [6.45, 7) is -0.0913. The Bertz CT molecular complexity index is 540. The second kappa shape index (κ2) is 4.56. The van der Waals surface area contributed by atoms with Crippen molar-refractivity contribution in [2.45, 2.75) is 6.54 Å². The topological polar surface area (TPSA) is 98.7 Å². The van der Waals surface area contributed by atoms with Gasteiger partial charge in [-0.3, -0.25) is 9.78 Å². The summed E-state index contributed by atoms with van der Waals surface area (Å²) in [5.41, 5.74) is 5.36. The zero-order valence-electron chi connectivity index (χ0n) is 8.67. The van der Waals surface area contributed by atoms with Gasteiger partial charge in [0.25, 0.3) is 0 Å². The predicted octanol–water partition coefficient (Wildman–Crippen LogP) is 0.0331. The number of amides is 1. The summed E-state index contributed by atoms with van der Waals surface area (Å²) in [7, 11) is 0. The molecule has 0 fully saturated rings. The molecule has 0 aromatic carbocycles. The summed E-state index contributed by atoms with van der Waals surface area (Å²) < 4.78 is 14.4. The Morgan fingerprint density at radius 1 is 1.59 bits per heavy atom. The number of anilines is 2. The van der Waals surface area contributed by atoms with Crippen LogP contribution in [0.25, 0.3) is 0 Å². The molecule has 0 unspecified atom stereocenters. The molecule has 7 nitrogen and oxygen atoms in total. The van der Waals surface area contributed by atoms with Gasteiger partial charge in [-0.2, -0.15) is 0 Å². The van der Waals surface area contributed by atoms with Crippen molar-refractivity contribution >= 4 is 17.5 Å². The molecular weight excluding hydrogens is 227 g/mol. The van der Waals surface area contributed by atoms with Crippen LogP contribution in [-0.2, 0) is 11.3 Å². The standard InChI is InChI=1S/C9H9FN6O/c10-6-3-12-2-1-7(6)14-8(17)4-16-5-13-9(11)15-16/h1-3,5H,4H2,(H2,11,15)(H,12,14,17). The lowest BCUT2D eigenvalue weighted by molar-refractivity contribution is -0.116. The molecule has 2 aromatic heterocycles. The molecule has 2 aromatic rings. The molecule has 88 valence electrons. The zero-order valence-corrected chi connectivity index (χ0v) is 8.67. The molecule has 1 amide bonds. The highest BCUT2D eigenvalue weighted by Crippen LogP contribution is 2.10. The van der Waals surface area contributed by atoms with Crippen LogP contribution in [0.3, 0.4) is 0 Å². The number of pyridine rings is 1. The van der Waals surface area contributed by atoms with Crippen LogP contribution in [-0.4, -0.2) is 25.7 Å². The summed E-state index contributed by atoms with van der Waals surface area (Å²) in [5.74, 6) is -0.952. The second-order valence-electron chi connectivity index (χ2n) is 3.20. The van der Waals surface area contributed by atoms with Crippen LogP contribution in [0.1, 0.15) is 0 Å². The molecule has 0 bridgehead atoms. The van der Waals surface area contributed by atoms with Gasteiger partial charge in [0, 0.05) is 6.20 Å². The third-order valence-corrected chi connectivity index (χ3v) is 1.91. The maximum absolute atomic E-state index is 13.2. The van der Waals surface area contributed by atoms with Crippen LogP contribution in [0.4, 0.5) is 16.0 Å². The lowest BCUT2D eigenvalue weighted by atomic mass is 10.4. The molecule has 2 heterocycles. The average molecular weight is 236 g/mol. The number of nitrogens with zero attached hydrogens (tertiary/aromatic N) is 4. The van der Waals surface area contributed by atoms with Gasteiger partial charge < -0.3 is 11.1 Å². The summed E-state index contributed by atoms with van der Waals surface area (Å²) >= 11 is 0. The van der Waals surface area contributed by atoms with E-state index in [0.29, 0.717) is 0 Å². The number of nitrogens with two attached hydrogens (primary N) is 1. The van der Waals surface area contributed by atoms with Crippen molar-refractivity contribution in [3.63, 3.8) is 0 Å². The third kappa shape index (κ3) is 2.74. The van der Waals surface area contributed by atoms with Crippen molar-refractivity contribution in [3.05, 3.63) is 30.6 Å². The van der Waals surface area contributed by atoms with E-state index in [1.54, 1.807) is 0 Å². The molecule has 0 aliphatic heterocycles. The largest absolute Gasteiger partial charge is 0.367 e. The molecule has 3 N–H and O–H groups in total. The number of rotatable bonds is 3. The number of hydrogen-bond acceptors (Lipinski definition) is 5. The Morgan fingerprint density at radius 3 is 3.06 bits per heavy atom. The minimum Gasteiger partial charge on any atom is -0.367 e. The summed E-state index contributed by atoms with van der Waals surface area (Å²) in [4.78, 5) is 18.7. The molecule has 0 radical (unpaired) electrons. The predicted molar refractivity (Wildman–Crippen MR) is 57.3 cm³/mol. The number of aromatic nitrogens is 4.